The zero-order valence-electron chi connectivity index (χ0n) is 12.2. The van der Waals surface area contributed by atoms with Gasteiger partial charge in [-0.15, -0.1) is 0 Å². The fraction of sp³-hybridized carbons (Fsp3) is 0.917. The molecule has 0 aliphatic rings. The lowest BCUT2D eigenvalue weighted by Gasteiger charge is -2.04. The molecule has 0 atom stereocenters. The number of aliphatic carboxylic acids is 1. The second-order valence-corrected chi connectivity index (χ2v) is 4.29. The maximum atomic E-state index is 10.6. The largest absolute Gasteiger partial charge is 0.490 e. The Bertz CT molecular complexity index is 229. The number of unbranched alkanes of at least 4 members (excludes halogenated alkanes) is 1. The molecule has 0 amide bonds. The van der Waals surface area contributed by atoms with Crippen LogP contribution in [-0.2, 0) is 4.79 Å². The van der Waals surface area contributed by atoms with Crippen molar-refractivity contribution in [3.63, 3.8) is 0 Å². The molecule has 7 N–H and O–H groups in total. The minimum absolute atomic E-state index is 0.785. The van der Waals surface area contributed by atoms with E-state index in [9.17, 15) is 13.2 Å². The Morgan fingerprint density at radius 1 is 0.857 bits per heavy atom. The highest BCUT2D eigenvalue weighted by Crippen LogP contribution is 2.13. The molecule has 0 saturated heterocycles. The van der Waals surface area contributed by atoms with E-state index in [-0.39, 0.29) is 0 Å². The summed E-state index contributed by atoms with van der Waals surface area (Å²) < 4.78 is 31.7. The molecule has 0 spiro atoms. The van der Waals surface area contributed by atoms with Gasteiger partial charge in [-0.25, -0.2) is 4.79 Å². The first-order valence-electron chi connectivity index (χ1n) is 6.98. The number of nitrogens with two attached hydrogens (primary N) is 2. The summed E-state index contributed by atoms with van der Waals surface area (Å²) in [5.74, 6) is -2.76. The van der Waals surface area contributed by atoms with Crippen LogP contribution in [0.15, 0.2) is 0 Å². The first-order valence-corrected chi connectivity index (χ1v) is 6.98. The Morgan fingerprint density at radius 2 is 1.14 bits per heavy atom. The summed E-state index contributed by atoms with van der Waals surface area (Å²) in [6.07, 6.45) is -0.454. The Balaban J connectivity index is 0. The molecule has 0 radical (unpaired) electrons. The maximum absolute atomic E-state index is 10.6. The zero-order chi connectivity index (χ0) is 16.6. The minimum Gasteiger partial charge on any atom is -0.475 e. The number of halogens is 3. The molecule has 0 aliphatic carbocycles. The van der Waals surface area contributed by atoms with Gasteiger partial charge in [-0.2, -0.15) is 13.2 Å². The van der Waals surface area contributed by atoms with Crippen molar-refractivity contribution in [2.45, 2.75) is 31.9 Å². The first-order chi connectivity index (χ1) is 9.86. The van der Waals surface area contributed by atoms with E-state index in [1.54, 1.807) is 0 Å². The number of nitrogens with one attached hydrogen (secondary N) is 2. The Morgan fingerprint density at radius 3 is 1.38 bits per heavy atom. The molecule has 9 heteroatoms. The summed E-state index contributed by atoms with van der Waals surface area (Å²) in [5, 5.41) is 13.8. The molecule has 0 saturated carbocycles. The van der Waals surface area contributed by atoms with Crippen LogP contribution >= 0.6 is 0 Å². The van der Waals surface area contributed by atoms with Gasteiger partial charge in [0.05, 0.1) is 0 Å². The average Bonchev–Trinajstić information content (AvgIpc) is 2.40. The van der Waals surface area contributed by atoms with Gasteiger partial charge >= 0.3 is 12.1 Å². The lowest BCUT2D eigenvalue weighted by molar-refractivity contribution is -0.192. The third-order valence-corrected chi connectivity index (χ3v) is 2.31. The summed E-state index contributed by atoms with van der Waals surface area (Å²) in [7, 11) is 0. The monoisotopic (exact) mass is 316 g/mol. The fourth-order valence-electron chi connectivity index (χ4n) is 1.20. The van der Waals surface area contributed by atoms with Crippen LogP contribution in [0.2, 0.25) is 0 Å². The van der Waals surface area contributed by atoms with Gasteiger partial charge in [-0.05, 0) is 65.0 Å². The van der Waals surface area contributed by atoms with E-state index in [0.29, 0.717) is 0 Å². The topological polar surface area (TPSA) is 113 Å². The lowest BCUT2D eigenvalue weighted by atomic mass is 10.3. The Hall–Kier alpha value is -0.900. The van der Waals surface area contributed by atoms with E-state index in [2.05, 4.69) is 10.6 Å². The van der Waals surface area contributed by atoms with Gasteiger partial charge in [-0.3, -0.25) is 0 Å². The van der Waals surface area contributed by atoms with E-state index < -0.39 is 12.1 Å². The highest BCUT2D eigenvalue weighted by atomic mass is 19.4. The molecule has 0 aromatic rings. The van der Waals surface area contributed by atoms with Crippen molar-refractivity contribution < 1.29 is 23.1 Å². The van der Waals surface area contributed by atoms with Crippen molar-refractivity contribution in [2.24, 2.45) is 11.5 Å². The molecule has 0 unspecified atom stereocenters. The quantitative estimate of drug-likeness (QED) is 0.350. The molecule has 0 bridgehead atoms. The molecule has 0 aromatic heterocycles. The highest BCUT2D eigenvalue weighted by molar-refractivity contribution is 5.73. The summed E-state index contributed by atoms with van der Waals surface area (Å²) in [6, 6.07) is 0. The number of carboxylic acids is 1. The number of alkyl halides is 3. The van der Waals surface area contributed by atoms with E-state index in [1.165, 1.54) is 12.8 Å². The molecule has 21 heavy (non-hydrogen) atoms. The van der Waals surface area contributed by atoms with Gasteiger partial charge in [0.1, 0.15) is 0 Å². The standard InChI is InChI=1S/C10H26N4.C2HF3O2/c11-5-3-9-13-7-1-2-8-14-10-4-6-12;3-2(4,5)1(6)7/h13-14H,1-12H2;(H,6,7). The first kappa shape index (κ1) is 22.4. The second-order valence-electron chi connectivity index (χ2n) is 4.29. The van der Waals surface area contributed by atoms with Crippen LogP contribution in [0.3, 0.4) is 0 Å². The summed E-state index contributed by atoms with van der Waals surface area (Å²) >= 11 is 0. The van der Waals surface area contributed by atoms with Crippen LogP contribution in [-0.4, -0.2) is 56.5 Å². The van der Waals surface area contributed by atoms with Crippen molar-refractivity contribution >= 4 is 5.97 Å². The van der Waals surface area contributed by atoms with Crippen molar-refractivity contribution in [2.75, 3.05) is 39.3 Å². The van der Waals surface area contributed by atoms with E-state index in [0.717, 1.165) is 52.1 Å². The second kappa shape index (κ2) is 15.5. The van der Waals surface area contributed by atoms with Crippen LogP contribution in [0.25, 0.3) is 0 Å². The van der Waals surface area contributed by atoms with Gasteiger partial charge in [0.25, 0.3) is 0 Å². The normalized spacial score (nSPS) is 10.9. The molecule has 0 heterocycles. The van der Waals surface area contributed by atoms with Gasteiger partial charge in [-0.1, -0.05) is 0 Å². The summed E-state index contributed by atoms with van der Waals surface area (Å²) in [4.78, 5) is 8.90. The molecule has 0 rings (SSSR count). The van der Waals surface area contributed by atoms with E-state index in [1.807, 2.05) is 0 Å². The van der Waals surface area contributed by atoms with Gasteiger partial charge in [0, 0.05) is 0 Å². The third-order valence-electron chi connectivity index (χ3n) is 2.31. The van der Waals surface area contributed by atoms with E-state index in [4.69, 9.17) is 21.4 Å². The molecule has 0 aromatic carbocycles. The van der Waals surface area contributed by atoms with Gasteiger partial charge in [0.15, 0.2) is 0 Å². The number of hydrogen-bond donors (Lipinski definition) is 5. The number of carboxylic acid groups (broad SMARTS) is 1. The SMILES string of the molecule is NCCCNCCCCNCCCN.O=C(O)C(F)(F)F. The smallest absolute Gasteiger partial charge is 0.475 e. The summed E-state index contributed by atoms with van der Waals surface area (Å²) in [6.45, 7) is 5.90. The Kier molecular flexibility index (Phi) is 16.5. The van der Waals surface area contributed by atoms with Gasteiger partial charge in [0.2, 0.25) is 0 Å². The predicted octanol–water partition coefficient (Wildman–Crippen LogP) is 0.277. The Labute approximate surface area is 123 Å². The van der Waals surface area contributed by atoms with E-state index >= 15 is 0 Å². The van der Waals surface area contributed by atoms with Gasteiger partial charge < -0.3 is 27.2 Å². The molecule has 128 valence electrons. The molecule has 0 fully saturated rings. The molecular weight excluding hydrogens is 289 g/mol. The lowest BCUT2D eigenvalue weighted by Crippen LogP contribution is -2.22. The van der Waals surface area contributed by atoms with Crippen LogP contribution in [0.4, 0.5) is 13.2 Å². The zero-order valence-corrected chi connectivity index (χ0v) is 12.2. The van der Waals surface area contributed by atoms with Crippen molar-refractivity contribution in [1.29, 1.82) is 0 Å². The van der Waals surface area contributed by atoms with Crippen molar-refractivity contribution in [1.82, 2.24) is 10.6 Å². The molecule has 0 aliphatic heterocycles. The minimum atomic E-state index is -5.08. The number of carbonyl (C=O) groups is 1. The molecule has 6 nitrogen and oxygen atoms in total. The van der Waals surface area contributed by atoms with Crippen LogP contribution in [0.5, 0.6) is 0 Å². The average molecular weight is 316 g/mol. The van der Waals surface area contributed by atoms with Crippen LogP contribution < -0.4 is 22.1 Å². The summed E-state index contributed by atoms with van der Waals surface area (Å²) in [5.41, 5.74) is 10.8. The predicted molar refractivity (Wildman–Crippen MR) is 76.0 cm³/mol. The molecular formula is C12H27F3N4O2. The third kappa shape index (κ3) is 21.5. The van der Waals surface area contributed by atoms with Crippen molar-refractivity contribution in [3.05, 3.63) is 0 Å². The van der Waals surface area contributed by atoms with Crippen LogP contribution in [0, 0.1) is 0 Å². The van der Waals surface area contributed by atoms with Crippen molar-refractivity contribution in [3.8, 4) is 0 Å². The number of rotatable bonds is 11. The van der Waals surface area contributed by atoms with Crippen LogP contribution in [0.1, 0.15) is 25.7 Å². The number of hydrogen-bond acceptors (Lipinski definition) is 5. The highest BCUT2D eigenvalue weighted by Gasteiger charge is 2.38. The maximum Gasteiger partial charge on any atom is 0.490 e. The fourth-order valence-corrected chi connectivity index (χ4v) is 1.20.